The van der Waals surface area contributed by atoms with Crippen molar-refractivity contribution >= 4 is 10.9 Å². The van der Waals surface area contributed by atoms with Gasteiger partial charge in [-0.1, -0.05) is 13.8 Å². The average Bonchev–Trinajstić information content (AvgIpc) is 3.30. The highest BCUT2D eigenvalue weighted by Gasteiger charge is 2.40. The second-order valence-corrected chi connectivity index (χ2v) is 8.87. The number of aromatic hydroxyl groups is 1. The zero-order chi connectivity index (χ0) is 21.0. The normalized spacial score (nSPS) is 22.2. The van der Waals surface area contributed by atoms with Crippen LogP contribution in [0.1, 0.15) is 55.3 Å². The van der Waals surface area contributed by atoms with Crippen LogP contribution in [0.25, 0.3) is 16.6 Å². The standard InChI is InChI=1S/C23H28FN5O/c1-12(2)22-21(14-9-15(10-14)23-25-27-28-26-23)18-11-17(30)5-7-20(18)29(22)16-4-6-19(24)13(3)8-16/h4-8,11-12,14-15,23,25-28,30H,9-10H2,1-3H3. The van der Waals surface area contributed by atoms with E-state index in [0.29, 0.717) is 17.4 Å². The number of hydrazine groups is 3. The fraction of sp³-hybridized carbons (Fsp3) is 0.391. The molecule has 1 aliphatic heterocycles. The fourth-order valence-corrected chi connectivity index (χ4v) is 5.04. The van der Waals surface area contributed by atoms with E-state index in [2.05, 4.69) is 40.3 Å². The van der Waals surface area contributed by atoms with E-state index in [9.17, 15) is 9.50 Å². The van der Waals surface area contributed by atoms with E-state index in [1.165, 1.54) is 17.3 Å². The van der Waals surface area contributed by atoms with Crippen LogP contribution in [0.5, 0.6) is 5.75 Å². The summed E-state index contributed by atoms with van der Waals surface area (Å²) in [6.45, 7) is 6.20. The zero-order valence-electron chi connectivity index (χ0n) is 17.5. The highest BCUT2D eigenvalue weighted by molar-refractivity contribution is 5.89. The van der Waals surface area contributed by atoms with E-state index >= 15 is 0 Å². The van der Waals surface area contributed by atoms with Crippen LogP contribution in [0.3, 0.4) is 0 Å². The topological polar surface area (TPSA) is 73.3 Å². The minimum atomic E-state index is -0.195. The van der Waals surface area contributed by atoms with Crippen LogP contribution < -0.4 is 21.9 Å². The maximum atomic E-state index is 14.0. The molecule has 0 amide bonds. The van der Waals surface area contributed by atoms with E-state index < -0.39 is 0 Å². The lowest BCUT2D eigenvalue weighted by atomic mass is 9.69. The zero-order valence-corrected chi connectivity index (χ0v) is 17.5. The molecule has 0 spiro atoms. The summed E-state index contributed by atoms with van der Waals surface area (Å²) in [6.07, 6.45) is 2.32. The number of phenolic OH excluding ortho intramolecular Hbond substituents is 1. The van der Waals surface area contributed by atoms with Crippen molar-refractivity contribution < 1.29 is 9.50 Å². The number of hydrogen-bond donors (Lipinski definition) is 5. The molecule has 30 heavy (non-hydrogen) atoms. The van der Waals surface area contributed by atoms with E-state index in [0.717, 1.165) is 29.4 Å². The van der Waals surface area contributed by atoms with E-state index in [4.69, 9.17) is 0 Å². The van der Waals surface area contributed by atoms with Crippen LogP contribution in [-0.4, -0.2) is 15.8 Å². The summed E-state index contributed by atoms with van der Waals surface area (Å²) in [5.41, 5.74) is 17.4. The molecular formula is C23H28FN5O. The number of fused-ring (bicyclic) bond motifs is 1. The number of phenols is 1. The molecule has 3 aromatic rings. The van der Waals surface area contributed by atoms with Gasteiger partial charge in [0.25, 0.3) is 0 Å². The summed E-state index contributed by atoms with van der Waals surface area (Å²) < 4.78 is 16.2. The van der Waals surface area contributed by atoms with Crippen LogP contribution in [0.15, 0.2) is 36.4 Å². The molecule has 2 heterocycles. The van der Waals surface area contributed by atoms with Gasteiger partial charge in [0.2, 0.25) is 0 Å². The molecule has 1 saturated heterocycles. The van der Waals surface area contributed by atoms with Gasteiger partial charge >= 0.3 is 0 Å². The van der Waals surface area contributed by atoms with Gasteiger partial charge in [-0.15, -0.1) is 0 Å². The third-order valence-corrected chi connectivity index (χ3v) is 6.55. The molecule has 0 atom stereocenters. The molecule has 7 heteroatoms. The SMILES string of the molecule is Cc1cc(-n2c(C(C)C)c(C3CC(C4NNNN4)C3)c3cc(O)ccc32)ccc1F. The Bertz CT molecular complexity index is 1100. The van der Waals surface area contributed by atoms with Crippen molar-refractivity contribution in [2.24, 2.45) is 5.92 Å². The second kappa shape index (κ2) is 7.35. The molecular weight excluding hydrogens is 381 g/mol. The first kappa shape index (κ1) is 19.5. The Balaban J connectivity index is 1.65. The Morgan fingerprint density at radius 1 is 1.07 bits per heavy atom. The van der Waals surface area contributed by atoms with Gasteiger partial charge in [-0.25, -0.2) is 15.2 Å². The quantitative estimate of drug-likeness (QED) is 0.453. The molecule has 2 aromatic carbocycles. The third-order valence-electron chi connectivity index (χ3n) is 6.55. The predicted octanol–water partition coefficient (Wildman–Crippen LogP) is 3.84. The summed E-state index contributed by atoms with van der Waals surface area (Å²) >= 11 is 0. The lowest BCUT2D eigenvalue weighted by molar-refractivity contribution is 0.189. The minimum absolute atomic E-state index is 0.195. The number of halogens is 1. The number of nitrogens with zero attached hydrogens (tertiary/aromatic N) is 1. The number of aromatic nitrogens is 1. The molecule has 1 aliphatic carbocycles. The molecule has 5 rings (SSSR count). The molecule has 1 saturated carbocycles. The van der Waals surface area contributed by atoms with Crippen LogP contribution in [0, 0.1) is 18.7 Å². The highest BCUT2D eigenvalue weighted by atomic mass is 19.1. The number of rotatable bonds is 4. The molecule has 0 bridgehead atoms. The summed E-state index contributed by atoms with van der Waals surface area (Å²) in [7, 11) is 0. The van der Waals surface area contributed by atoms with E-state index in [1.54, 1.807) is 13.0 Å². The van der Waals surface area contributed by atoms with Crippen molar-refractivity contribution in [2.45, 2.75) is 51.6 Å². The molecule has 5 N–H and O–H groups in total. The Hall–Kier alpha value is -2.45. The first-order valence-electron chi connectivity index (χ1n) is 10.6. The number of nitrogens with one attached hydrogen (secondary N) is 4. The Labute approximate surface area is 175 Å². The first-order valence-corrected chi connectivity index (χ1v) is 10.6. The Morgan fingerprint density at radius 3 is 2.47 bits per heavy atom. The molecule has 1 aromatic heterocycles. The molecule has 2 fully saturated rings. The van der Waals surface area contributed by atoms with Crippen molar-refractivity contribution in [1.82, 2.24) is 26.5 Å². The van der Waals surface area contributed by atoms with Crippen LogP contribution in [-0.2, 0) is 0 Å². The maximum absolute atomic E-state index is 14.0. The van der Waals surface area contributed by atoms with Crippen LogP contribution in [0.2, 0.25) is 0 Å². The van der Waals surface area contributed by atoms with Crippen molar-refractivity contribution in [1.29, 1.82) is 0 Å². The van der Waals surface area contributed by atoms with Crippen molar-refractivity contribution in [3.8, 4) is 11.4 Å². The summed E-state index contributed by atoms with van der Waals surface area (Å²) in [5, 5.41) is 11.3. The molecule has 158 valence electrons. The summed E-state index contributed by atoms with van der Waals surface area (Å²) in [5.74, 6) is 1.30. The van der Waals surface area contributed by atoms with Gasteiger partial charge in [0.1, 0.15) is 11.6 Å². The molecule has 2 aliphatic rings. The average molecular weight is 410 g/mol. The number of aryl methyl sites for hydroxylation is 1. The molecule has 6 nitrogen and oxygen atoms in total. The lowest BCUT2D eigenvalue weighted by Crippen LogP contribution is -2.46. The van der Waals surface area contributed by atoms with Crippen molar-refractivity contribution in [3.63, 3.8) is 0 Å². The van der Waals surface area contributed by atoms with Gasteiger partial charge in [0.15, 0.2) is 0 Å². The second-order valence-electron chi connectivity index (χ2n) is 8.87. The van der Waals surface area contributed by atoms with Gasteiger partial charge in [0, 0.05) is 16.8 Å². The maximum Gasteiger partial charge on any atom is 0.126 e. The Kier molecular flexibility index (Phi) is 4.78. The van der Waals surface area contributed by atoms with Gasteiger partial charge in [-0.2, -0.15) is 11.1 Å². The smallest absolute Gasteiger partial charge is 0.126 e. The van der Waals surface area contributed by atoms with Crippen molar-refractivity contribution in [3.05, 3.63) is 59.0 Å². The van der Waals surface area contributed by atoms with E-state index in [1.807, 2.05) is 24.3 Å². The minimum Gasteiger partial charge on any atom is -0.508 e. The van der Waals surface area contributed by atoms with Gasteiger partial charge in [-0.05, 0) is 85.0 Å². The largest absolute Gasteiger partial charge is 0.508 e. The highest BCUT2D eigenvalue weighted by Crippen LogP contribution is 2.49. The summed E-state index contributed by atoms with van der Waals surface area (Å²) in [6, 6.07) is 10.9. The number of hydrogen-bond acceptors (Lipinski definition) is 5. The monoisotopic (exact) mass is 409 g/mol. The van der Waals surface area contributed by atoms with Gasteiger partial charge < -0.3 is 9.67 Å². The molecule has 0 unspecified atom stereocenters. The Morgan fingerprint density at radius 2 is 1.80 bits per heavy atom. The third kappa shape index (κ3) is 3.09. The van der Waals surface area contributed by atoms with Gasteiger partial charge in [0.05, 0.1) is 11.7 Å². The summed E-state index contributed by atoms with van der Waals surface area (Å²) in [4.78, 5) is 0. The van der Waals surface area contributed by atoms with Gasteiger partial charge in [-0.3, -0.25) is 0 Å². The number of benzene rings is 2. The predicted molar refractivity (Wildman–Crippen MR) is 116 cm³/mol. The van der Waals surface area contributed by atoms with E-state index in [-0.39, 0.29) is 23.7 Å². The lowest BCUT2D eigenvalue weighted by Gasteiger charge is -2.39. The van der Waals surface area contributed by atoms with Crippen LogP contribution in [0.4, 0.5) is 4.39 Å². The first-order chi connectivity index (χ1) is 14.4. The fourth-order valence-electron chi connectivity index (χ4n) is 5.04. The van der Waals surface area contributed by atoms with Crippen molar-refractivity contribution in [2.75, 3.05) is 0 Å². The van der Waals surface area contributed by atoms with Crippen LogP contribution >= 0.6 is 0 Å². The molecule has 0 radical (unpaired) electrons.